The molecule has 0 saturated heterocycles. The molecule has 0 radical (unpaired) electrons. The highest BCUT2D eigenvalue weighted by Gasteiger charge is 2.11. The van der Waals surface area contributed by atoms with Crippen LogP contribution >= 0.6 is 11.8 Å². The number of benzene rings is 2. The van der Waals surface area contributed by atoms with Gasteiger partial charge in [0.05, 0.1) is 0 Å². The number of rotatable bonds is 5. The molecule has 0 bridgehead atoms. The second-order valence-corrected chi connectivity index (χ2v) is 6.89. The van der Waals surface area contributed by atoms with Crippen molar-refractivity contribution in [2.24, 2.45) is 0 Å². The van der Waals surface area contributed by atoms with Crippen molar-refractivity contribution in [1.29, 1.82) is 0 Å². The zero-order valence-corrected chi connectivity index (χ0v) is 16.2. The lowest BCUT2D eigenvalue weighted by Crippen LogP contribution is -2.19. The van der Waals surface area contributed by atoms with E-state index in [-0.39, 0.29) is 6.03 Å². The van der Waals surface area contributed by atoms with Gasteiger partial charge in [0.25, 0.3) is 0 Å². The van der Waals surface area contributed by atoms with E-state index in [0.717, 1.165) is 27.7 Å². The third-order valence-electron chi connectivity index (χ3n) is 3.82. The predicted octanol–water partition coefficient (Wildman–Crippen LogP) is 4.58. The van der Waals surface area contributed by atoms with Crippen LogP contribution in [0.1, 0.15) is 0 Å². The van der Waals surface area contributed by atoms with Gasteiger partial charge in [0, 0.05) is 48.3 Å². The molecule has 27 heavy (non-hydrogen) atoms. The van der Waals surface area contributed by atoms with E-state index in [1.165, 1.54) is 0 Å². The van der Waals surface area contributed by atoms with Gasteiger partial charge in [0.2, 0.25) is 0 Å². The van der Waals surface area contributed by atoms with E-state index in [9.17, 15) is 4.79 Å². The number of amides is 2. The number of anilines is 3. The average molecular weight is 379 g/mol. The zero-order valence-electron chi connectivity index (χ0n) is 15.4. The second-order valence-electron chi connectivity index (χ2n) is 6.01. The fraction of sp³-hybridized carbons (Fsp3) is 0.150. The van der Waals surface area contributed by atoms with E-state index in [0.29, 0.717) is 5.69 Å². The number of nitrogens with zero attached hydrogens (tertiary/aromatic N) is 3. The number of urea groups is 1. The molecule has 1 aromatic heterocycles. The minimum atomic E-state index is -0.294. The van der Waals surface area contributed by atoms with Crippen LogP contribution in [0.25, 0.3) is 11.3 Å². The Bertz CT molecular complexity index is 945. The maximum Gasteiger partial charge on any atom is 0.323 e. The quantitative estimate of drug-likeness (QED) is 0.635. The Morgan fingerprint density at radius 3 is 2.33 bits per heavy atom. The predicted molar refractivity (Wildman–Crippen MR) is 113 cm³/mol. The van der Waals surface area contributed by atoms with Crippen LogP contribution in [-0.4, -0.2) is 36.4 Å². The maximum absolute atomic E-state index is 12.3. The molecule has 7 heteroatoms. The number of nitrogens with one attached hydrogen (secondary N) is 2. The van der Waals surface area contributed by atoms with Crippen LogP contribution in [0.2, 0.25) is 0 Å². The molecular formula is C20H21N5OS. The molecule has 0 aliphatic rings. The summed E-state index contributed by atoms with van der Waals surface area (Å²) in [5, 5.41) is 5.72. The molecule has 0 spiro atoms. The first-order valence-electron chi connectivity index (χ1n) is 8.37. The summed E-state index contributed by atoms with van der Waals surface area (Å²) in [6.07, 6.45) is 5.32. The molecule has 0 atom stereocenters. The molecule has 2 aromatic carbocycles. The summed E-state index contributed by atoms with van der Waals surface area (Å²) in [5.41, 5.74) is 3.08. The van der Waals surface area contributed by atoms with Crippen molar-refractivity contribution in [2.75, 3.05) is 35.9 Å². The maximum atomic E-state index is 12.3. The number of hydrogen-bond acceptors (Lipinski definition) is 5. The zero-order chi connectivity index (χ0) is 19.2. The number of carbonyl (C=O) groups is 1. The number of thioether (sulfide) groups is 1. The minimum absolute atomic E-state index is 0.294. The van der Waals surface area contributed by atoms with Crippen LogP contribution in [0.4, 0.5) is 22.0 Å². The average Bonchev–Trinajstić information content (AvgIpc) is 2.68. The lowest BCUT2D eigenvalue weighted by molar-refractivity contribution is 0.262. The Morgan fingerprint density at radius 1 is 0.963 bits per heavy atom. The Labute approximate surface area is 163 Å². The molecule has 0 unspecified atom stereocenters. The molecule has 0 aliphatic heterocycles. The lowest BCUT2D eigenvalue weighted by atomic mass is 10.1. The topological polar surface area (TPSA) is 70.1 Å². The highest BCUT2D eigenvalue weighted by atomic mass is 32.2. The molecule has 2 amide bonds. The highest BCUT2D eigenvalue weighted by Crippen LogP contribution is 2.27. The van der Waals surface area contributed by atoms with Crippen molar-refractivity contribution in [2.45, 2.75) is 4.90 Å². The Morgan fingerprint density at radius 2 is 1.63 bits per heavy atom. The van der Waals surface area contributed by atoms with Crippen LogP contribution in [0.3, 0.4) is 0 Å². The summed E-state index contributed by atoms with van der Waals surface area (Å²) in [6.45, 7) is 0. The summed E-state index contributed by atoms with van der Waals surface area (Å²) in [4.78, 5) is 24.2. The van der Waals surface area contributed by atoms with Gasteiger partial charge < -0.3 is 15.5 Å². The normalized spacial score (nSPS) is 10.3. The standard InChI is InChI=1S/C20H21N5OS/c1-25(2)19-18(21-10-11-22-19)14-6-4-7-15(12-14)23-20(26)24-16-8-5-9-17(13-16)27-3/h4-13H,1-3H3,(H2,23,24,26). The van der Waals surface area contributed by atoms with Gasteiger partial charge in [-0.05, 0) is 36.6 Å². The van der Waals surface area contributed by atoms with Gasteiger partial charge in [0.15, 0.2) is 5.82 Å². The van der Waals surface area contributed by atoms with Crippen molar-refractivity contribution < 1.29 is 4.79 Å². The summed E-state index contributed by atoms with van der Waals surface area (Å²) >= 11 is 1.63. The number of aromatic nitrogens is 2. The van der Waals surface area contributed by atoms with Gasteiger partial charge in [-0.2, -0.15) is 0 Å². The highest BCUT2D eigenvalue weighted by molar-refractivity contribution is 7.98. The van der Waals surface area contributed by atoms with Gasteiger partial charge >= 0.3 is 6.03 Å². The molecule has 2 N–H and O–H groups in total. The van der Waals surface area contributed by atoms with E-state index in [1.807, 2.05) is 73.8 Å². The summed E-state index contributed by atoms with van der Waals surface area (Å²) in [7, 11) is 3.84. The van der Waals surface area contributed by atoms with Crippen molar-refractivity contribution in [1.82, 2.24) is 9.97 Å². The summed E-state index contributed by atoms with van der Waals surface area (Å²) in [5.74, 6) is 0.771. The van der Waals surface area contributed by atoms with Crippen molar-refractivity contribution in [3.05, 3.63) is 60.9 Å². The third kappa shape index (κ3) is 4.77. The molecule has 3 aromatic rings. The van der Waals surface area contributed by atoms with Gasteiger partial charge in [-0.25, -0.2) is 9.78 Å². The van der Waals surface area contributed by atoms with E-state index >= 15 is 0 Å². The molecular weight excluding hydrogens is 358 g/mol. The van der Waals surface area contributed by atoms with Crippen LogP contribution in [0, 0.1) is 0 Å². The van der Waals surface area contributed by atoms with E-state index in [4.69, 9.17) is 0 Å². The molecule has 0 fully saturated rings. The summed E-state index contributed by atoms with van der Waals surface area (Å²) < 4.78 is 0. The molecule has 0 saturated carbocycles. The number of hydrogen-bond donors (Lipinski definition) is 2. The van der Waals surface area contributed by atoms with Gasteiger partial charge in [-0.1, -0.05) is 18.2 Å². The molecule has 6 nitrogen and oxygen atoms in total. The molecule has 1 heterocycles. The fourth-order valence-electron chi connectivity index (χ4n) is 2.60. The second kappa shape index (κ2) is 8.55. The van der Waals surface area contributed by atoms with Crippen LogP contribution in [0.5, 0.6) is 0 Å². The lowest BCUT2D eigenvalue weighted by Gasteiger charge is -2.15. The van der Waals surface area contributed by atoms with Crippen LogP contribution in [-0.2, 0) is 0 Å². The Kier molecular flexibility index (Phi) is 5.93. The summed E-state index contributed by atoms with van der Waals surface area (Å²) in [6, 6.07) is 15.0. The van der Waals surface area contributed by atoms with E-state index < -0.39 is 0 Å². The Hall–Kier alpha value is -3.06. The van der Waals surface area contributed by atoms with E-state index in [2.05, 4.69) is 20.6 Å². The first kappa shape index (κ1) is 18.7. The molecule has 138 valence electrons. The fourth-order valence-corrected chi connectivity index (χ4v) is 3.06. The SMILES string of the molecule is CSc1cccc(NC(=O)Nc2cccc(-c3nccnc3N(C)C)c2)c1. The van der Waals surface area contributed by atoms with E-state index in [1.54, 1.807) is 24.2 Å². The van der Waals surface area contributed by atoms with Crippen LogP contribution < -0.4 is 15.5 Å². The van der Waals surface area contributed by atoms with Crippen molar-refractivity contribution in [3.63, 3.8) is 0 Å². The first-order chi connectivity index (χ1) is 13.1. The monoisotopic (exact) mass is 379 g/mol. The first-order valence-corrected chi connectivity index (χ1v) is 9.60. The smallest absolute Gasteiger partial charge is 0.323 e. The van der Waals surface area contributed by atoms with Gasteiger partial charge in [-0.3, -0.25) is 4.98 Å². The molecule has 0 aliphatic carbocycles. The minimum Gasteiger partial charge on any atom is -0.361 e. The molecule has 3 rings (SSSR count). The van der Waals surface area contributed by atoms with Crippen molar-refractivity contribution in [3.8, 4) is 11.3 Å². The van der Waals surface area contributed by atoms with Gasteiger partial charge in [-0.15, -0.1) is 11.8 Å². The van der Waals surface area contributed by atoms with Crippen molar-refractivity contribution >= 4 is 35.0 Å². The van der Waals surface area contributed by atoms with Crippen LogP contribution in [0.15, 0.2) is 65.8 Å². The van der Waals surface area contributed by atoms with Gasteiger partial charge in [0.1, 0.15) is 5.69 Å². The largest absolute Gasteiger partial charge is 0.361 e. The number of carbonyl (C=O) groups excluding carboxylic acids is 1. The Balaban J connectivity index is 1.77. The third-order valence-corrected chi connectivity index (χ3v) is 4.55.